The Bertz CT molecular complexity index is 504. The fraction of sp³-hybridized carbons (Fsp3) is 0.600. The van der Waals surface area contributed by atoms with E-state index in [0.717, 1.165) is 24.8 Å². The van der Waals surface area contributed by atoms with Crippen molar-refractivity contribution in [2.75, 3.05) is 7.11 Å². The van der Waals surface area contributed by atoms with Crippen molar-refractivity contribution in [3.05, 3.63) is 33.9 Å². The molecule has 2 unspecified atom stereocenters. The molecule has 1 aliphatic carbocycles. The predicted molar refractivity (Wildman–Crippen MR) is 77.9 cm³/mol. The third-order valence-corrected chi connectivity index (χ3v) is 4.08. The molecule has 0 amide bonds. The maximum atomic E-state index is 11.0. The van der Waals surface area contributed by atoms with Gasteiger partial charge in [0, 0.05) is 11.6 Å². The first-order valence-electron chi connectivity index (χ1n) is 7.03. The normalized spacial score (nSPS) is 26.2. The average Bonchev–Trinajstić information content (AvgIpc) is 2.37. The van der Waals surface area contributed by atoms with Crippen molar-refractivity contribution in [2.45, 2.75) is 44.6 Å². The summed E-state index contributed by atoms with van der Waals surface area (Å²) >= 11 is 0. The Balaban J connectivity index is 2.23. The van der Waals surface area contributed by atoms with Crippen molar-refractivity contribution in [3.63, 3.8) is 0 Å². The fourth-order valence-electron chi connectivity index (χ4n) is 3.24. The van der Waals surface area contributed by atoms with Crippen LogP contribution in [0.2, 0.25) is 0 Å². The van der Waals surface area contributed by atoms with Gasteiger partial charge in [0.2, 0.25) is 0 Å². The molecule has 2 rings (SSSR count). The number of rotatable bonds is 4. The third kappa shape index (κ3) is 3.48. The average molecular weight is 278 g/mol. The van der Waals surface area contributed by atoms with Gasteiger partial charge in [-0.3, -0.25) is 10.1 Å². The number of hydrogen-bond acceptors (Lipinski definition) is 4. The van der Waals surface area contributed by atoms with E-state index in [-0.39, 0.29) is 11.2 Å². The predicted octanol–water partition coefficient (Wildman–Crippen LogP) is 3.05. The van der Waals surface area contributed by atoms with Crippen LogP contribution in [0.25, 0.3) is 0 Å². The van der Waals surface area contributed by atoms with E-state index in [1.807, 2.05) is 6.07 Å². The zero-order valence-corrected chi connectivity index (χ0v) is 12.1. The molecule has 1 aromatic rings. The molecule has 0 aromatic heterocycles. The number of benzene rings is 1. The van der Waals surface area contributed by atoms with Gasteiger partial charge in [-0.25, -0.2) is 0 Å². The van der Waals surface area contributed by atoms with E-state index in [4.69, 9.17) is 10.5 Å². The van der Waals surface area contributed by atoms with Crippen molar-refractivity contribution < 1.29 is 9.66 Å². The van der Waals surface area contributed by atoms with Crippen molar-refractivity contribution >= 4 is 5.69 Å². The first-order chi connectivity index (χ1) is 9.42. The largest absolute Gasteiger partial charge is 0.496 e. The Labute approximate surface area is 119 Å². The van der Waals surface area contributed by atoms with Crippen LogP contribution >= 0.6 is 0 Å². The number of nitrogens with two attached hydrogens (primary N) is 1. The molecule has 0 radical (unpaired) electrons. The van der Waals surface area contributed by atoms with Crippen LogP contribution in [-0.4, -0.2) is 17.6 Å². The summed E-state index contributed by atoms with van der Waals surface area (Å²) in [5.41, 5.74) is 7.18. The zero-order chi connectivity index (χ0) is 14.8. The van der Waals surface area contributed by atoms with Gasteiger partial charge in [0.25, 0.3) is 5.69 Å². The van der Waals surface area contributed by atoms with Crippen molar-refractivity contribution in [1.82, 2.24) is 0 Å². The molecule has 1 fully saturated rings. The monoisotopic (exact) mass is 278 g/mol. The summed E-state index contributed by atoms with van der Waals surface area (Å²) in [5, 5.41) is 11.0. The van der Waals surface area contributed by atoms with Crippen LogP contribution in [0.3, 0.4) is 0 Å². The second-order valence-electron chi connectivity index (χ2n) is 6.04. The molecule has 2 N–H and O–H groups in total. The van der Waals surface area contributed by atoms with E-state index in [1.54, 1.807) is 6.07 Å². The Kier molecular flexibility index (Phi) is 4.28. The fourth-order valence-corrected chi connectivity index (χ4v) is 3.24. The van der Waals surface area contributed by atoms with Crippen molar-refractivity contribution in [3.8, 4) is 5.75 Å². The van der Waals surface area contributed by atoms with Crippen LogP contribution in [0.1, 0.15) is 38.2 Å². The summed E-state index contributed by atoms with van der Waals surface area (Å²) in [7, 11) is 1.52. The van der Waals surface area contributed by atoms with Gasteiger partial charge in [-0.05, 0) is 36.8 Å². The Hall–Kier alpha value is -1.62. The molecule has 0 saturated heterocycles. The molecule has 1 aromatic carbocycles. The number of nitrogens with zero attached hydrogens (tertiary/aromatic N) is 1. The minimum Gasteiger partial charge on any atom is -0.496 e. The highest BCUT2D eigenvalue weighted by Crippen LogP contribution is 2.34. The van der Waals surface area contributed by atoms with Gasteiger partial charge in [0.05, 0.1) is 18.1 Å². The maximum Gasteiger partial charge on any atom is 0.273 e. The van der Waals surface area contributed by atoms with Crippen LogP contribution in [0.4, 0.5) is 5.69 Å². The van der Waals surface area contributed by atoms with Crippen LogP contribution in [-0.2, 0) is 6.42 Å². The summed E-state index contributed by atoms with van der Waals surface area (Å²) in [6, 6.07) is 4.90. The van der Waals surface area contributed by atoms with Crippen molar-refractivity contribution in [1.29, 1.82) is 0 Å². The molecule has 5 nitrogen and oxygen atoms in total. The van der Waals surface area contributed by atoms with Gasteiger partial charge < -0.3 is 10.5 Å². The molecule has 1 saturated carbocycles. The number of hydrogen-bond donors (Lipinski definition) is 1. The Morgan fingerprint density at radius 3 is 2.85 bits per heavy atom. The van der Waals surface area contributed by atoms with E-state index in [0.29, 0.717) is 18.1 Å². The minimum atomic E-state index is -0.390. The minimum absolute atomic E-state index is 0.0619. The topological polar surface area (TPSA) is 78.4 Å². The van der Waals surface area contributed by atoms with Crippen molar-refractivity contribution in [2.24, 2.45) is 11.7 Å². The Morgan fingerprint density at radius 1 is 1.50 bits per heavy atom. The highest BCUT2D eigenvalue weighted by Gasteiger charge is 2.31. The second kappa shape index (κ2) is 5.79. The SMILES string of the molecule is COc1cc(CC2(N)CCCC(C)C2)cc([N+](=O)[O-])c1. The Morgan fingerprint density at radius 2 is 2.25 bits per heavy atom. The lowest BCUT2D eigenvalue weighted by Crippen LogP contribution is -2.45. The lowest BCUT2D eigenvalue weighted by Gasteiger charge is -2.37. The zero-order valence-electron chi connectivity index (χ0n) is 12.1. The van der Waals surface area contributed by atoms with E-state index < -0.39 is 4.92 Å². The quantitative estimate of drug-likeness (QED) is 0.678. The first kappa shape index (κ1) is 14.8. The standard InChI is InChI=1S/C15H22N2O3/c1-11-4-3-5-15(16,9-11)10-12-6-13(17(18)19)8-14(7-12)20-2/h6-8,11H,3-5,9-10,16H2,1-2H3. The summed E-state index contributed by atoms with van der Waals surface area (Å²) in [5.74, 6) is 1.14. The number of nitro benzene ring substituents is 1. The lowest BCUT2D eigenvalue weighted by molar-refractivity contribution is -0.385. The molecular formula is C15H22N2O3. The summed E-state index contributed by atoms with van der Waals surface area (Å²) in [6.07, 6.45) is 4.96. The van der Waals surface area contributed by atoms with Gasteiger partial charge in [0.1, 0.15) is 5.75 Å². The molecule has 5 heteroatoms. The van der Waals surface area contributed by atoms with Crippen LogP contribution in [0, 0.1) is 16.0 Å². The molecule has 110 valence electrons. The van der Waals surface area contributed by atoms with E-state index in [2.05, 4.69) is 6.92 Å². The molecule has 2 atom stereocenters. The van der Waals surface area contributed by atoms with Gasteiger partial charge in [-0.1, -0.05) is 19.8 Å². The number of methoxy groups -OCH3 is 1. The van der Waals surface area contributed by atoms with E-state index in [1.165, 1.54) is 19.6 Å². The summed E-state index contributed by atoms with van der Waals surface area (Å²) in [6.45, 7) is 2.22. The molecular weight excluding hydrogens is 256 g/mol. The molecule has 0 heterocycles. The third-order valence-electron chi connectivity index (χ3n) is 4.08. The summed E-state index contributed by atoms with van der Waals surface area (Å²) in [4.78, 5) is 10.6. The van der Waals surface area contributed by atoms with Gasteiger partial charge in [0.15, 0.2) is 0 Å². The first-order valence-corrected chi connectivity index (χ1v) is 7.03. The molecule has 0 bridgehead atoms. The van der Waals surface area contributed by atoms with Gasteiger partial charge in [-0.15, -0.1) is 0 Å². The van der Waals surface area contributed by atoms with Gasteiger partial charge >= 0.3 is 0 Å². The second-order valence-corrected chi connectivity index (χ2v) is 6.04. The number of ether oxygens (including phenoxy) is 1. The van der Waals surface area contributed by atoms with Gasteiger partial charge in [-0.2, -0.15) is 0 Å². The molecule has 1 aliphatic rings. The summed E-state index contributed by atoms with van der Waals surface area (Å²) < 4.78 is 5.14. The number of nitro groups is 1. The molecule has 0 spiro atoms. The van der Waals surface area contributed by atoms with Crippen LogP contribution in [0.15, 0.2) is 18.2 Å². The lowest BCUT2D eigenvalue weighted by atomic mass is 9.74. The highest BCUT2D eigenvalue weighted by atomic mass is 16.6. The maximum absolute atomic E-state index is 11.0. The highest BCUT2D eigenvalue weighted by molar-refractivity contribution is 5.43. The number of non-ortho nitro benzene ring substituents is 1. The van der Waals surface area contributed by atoms with E-state index in [9.17, 15) is 10.1 Å². The van der Waals surface area contributed by atoms with Crippen LogP contribution in [0.5, 0.6) is 5.75 Å². The van der Waals surface area contributed by atoms with E-state index >= 15 is 0 Å². The molecule has 20 heavy (non-hydrogen) atoms. The smallest absolute Gasteiger partial charge is 0.273 e. The molecule has 0 aliphatic heterocycles. The van der Waals surface area contributed by atoms with Crippen LogP contribution < -0.4 is 10.5 Å².